The highest BCUT2D eigenvalue weighted by molar-refractivity contribution is 7.89. The zero-order valence-corrected chi connectivity index (χ0v) is 15.1. The lowest BCUT2D eigenvalue weighted by atomic mass is 10.2. The minimum absolute atomic E-state index is 0.237. The summed E-state index contributed by atoms with van der Waals surface area (Å²) in [5, 5.41) is 15.2. The van der Waals surface area contributed by atoms with Crippen LogP contribution in [0.25, 0.3) is 5.82 Å². The first-order valence-corrected chi connectivity index (χ1v) is 9.73. The van der Waals surface area contributed by atoms with Crippen LogP contribution in [0.15, 0.2) is 59.8 Å². The lowest BCUT2D eigenvalue weighted by Crippen LogP contribution is -2.29. The van der Waals surface area contributed by atoms with Crippen molar-refractivity contribution in [3.05, 3.63) is 60.4 Å². The van der Waals surface area contributed by atoms with E-state index in [0.29, 0.717) is 18.2 Å². The van der Waals surface area contributed by atoms with Crippen molar-refractivity contribution < 1.29 is 8.42 Å². The molecule has 2 aromatic heterocycles. The molecule has 0 fully saturated rings. The van der Waals surface area contributed by atoms with Crippen molar-refractivity contribution >= 4 is 15.8 Å². The van der Waals surface area contributed by atoms with E-state index in [2.05, 4.69) is 25.3 Å². The van der Waals surface area contributed by atoms with E-state index in [9.17, 15) is 8.42 Å². The largest absolute Gasteiger partial charge is 0.367 e. The highest BCUT2D eigenvalue weighted by Gasteiger charge is 2.12. The summed E-state index contributed by atoms with van der Waals surface area (Å²) >= 11 is 0. The van der Waals surface area contributed by atoms with Gasteiger partial charge < -0.3 is 5.32 Å². The second kappa shape index (κ2) is 8.07. The molecule has 9 heteroatoms. The molecule has 0 atom stereocenters. The quantitative estimate of drug-likeness (QED) is 0.583. The van der Waals surface area contributed by atoms with Crippen LogP contribution in [0.2, 0.25) is 0 Å². The summed E-state index contributed by atoms with van der Waals surface area (Å²) in [4.78, 5) is 0.262. The summed E-state index contributed by atoms with van der Waals surface area (Å²) in [5.41, 5.74) is 1.10. The SMILES string of the molecule is CCc1ccc(S(=O)(=O)NCCNc2ccc(-n3cccn3)nn2)cc1. The lowest BCUT2D eigenvalue weighted by Gasteiger charge is -2.09. The molecule has 2 N–H and O–H groups in total. The van der Waals surface area contributed by atoms with Crippen LogP contribution in [-0.2, 0) is 16.4 Å². The number of hydrogen-bond acceptors (Lipinski definition) is 6. The lowest BCUT2D eigenvalue weighted by molar-refractivity contribution is 0.583. The van der Waals surface area contributed by atoms with Crippen LogP contribution in [0.1, 0.15) is 12.5 Å². The highest BCUT2D eigenvalue weighted by Crippen LogP contribution is 2.11. The highest BCUT2D eigenvalue weighted by atomic mass is 32.2. The van der Waals surface area contributed by atoms with Gasteiger partial charge in [0, 0.05) is 25.5 Å². The molecular formula is C17H20N6O2S. The van der Waals surface area contributed by atoms with Gasteiger partial charge >= 0.3 is 0 Å². The molecule has 8 nitrogen and oxygen atoms in total. The molecule has 0 unspecified atom stereocenters. The average Bonchev–Trinajstić information content (AvgIpc) is 3.20. The first kappa shape index (κ1) is 18.0. The van der Waals surface area contributed by atoms with E-state index in [1.807, 2.05) is 19.1 Å². The minimum atomic E-state index is -3.51. The Labute approximate surface area is 152 Å². The van der Waals surface area contributed by atoms with Gasteiger partial charge in [0.15, 0.2) is 5.82 Å². The number of nitrogens with one attached hydrogen (secondary N) is 2. The van der Waals surface area contributed by atoms with Crippen LogP contribution in [0, 0.1) is 0 Å². The molecule has 1 aromatic carbocycles. The molecule has 0 spiro atoms. The Kier molecular flexibility index (Phi) is 5.59. The van der Waals surface area contributed by atoms with E-state index < -0.39 is 10.0 Å². The number of aryl methyl sites for hydroxylation is 1. The number of hydrogen-bond donors (Lipinski definition) is 2. The maximum Gasteiger partial charge on any atom is 0.240 e. The Hall–Kier alpha value is -2.78. The van der Waals surface area contributed by atoms with Crippen LogP contribution in [0.3, 0.4) is 0 Å². The molecule has 3 rings (SSSR count). The van der Waals surface area contributed by atoms with Crippen LogP contribution in [-0.4, -0.2) is 41.5 Å². The number of anilines is 1. The third kappa shape index (κ3) is 4.44. The summed E-state index contributed by atoms with van der Waals surface area (Å²) < 4.78 is 28.7. The maximum absolute atomic E-state index is 12.2. The molecule has 0 radical (unpaired) electrons. The molecule has 0 aliphatic rings. The van der Waals surface area contributed by atoms with E-state index in [0.717, 1.165) is 12.0 Å². The van der Waals surface area contributed by atoms with Crippen molar-refractivity contribution in [2.45, 2.75) is 18.2 Å². The van der Waals surface area contributed by atoms with E-state index in [4.69, 9.17) is 0 Å². The summed E-state index contributed by atoms with van der Waals surface area (Å²) in [5.74, 6) is 1.17. The van der Waals surface area contributed by atoms with E-state index >= 15 is 0 Å². The molecule has 0 saturated heterocycles. The molecule has 0 aliphatic carbocycles. The van der Waals surface area contributed by atoms with Gasteiger partial charge in [0.2, 0.25) is 10.0 Å². The first-order chi connectivity index (χ1) is 12.6. The molecule has 0 amide bonds. The van der Waals surface area contributed by atoms with Crippen molar-refractivity contribution in [2.24, 2.45) is 0 Å². The van der Waals surface area contributed by atoms with Gasteiger partial charge in [0.1, 0.15) is 5.82 Å². The fourth-order valence-electron chi connectivity index (χ4n) is 2.31. The maximum atomic E-state index is 12.2. The van der Waals surface area contributed by atoms with Crippen molar-refractivity contribution in [2.75, 3.05) is 18.4 Å². The van der Waals surface area contributed by atoms with Crippen molar-refractivity contribution in [1.82, 2.24) is 24.7 Å². The third-order valence-corrected chi connectivity index (χ3v) is 5.23. The molecule has 136 valence electrons. The third-order valence-electron chi connectivity index (χ3n) is 3.75. The van der Waals surface area contributed by atoms with Crippen LogP contribution >= 0.6 is 0 Å². The number of rotatable bonds is 8. The summed E-state index contributed by atoms with van der Waals surface area (Å²) in [6.07, 6.45) is 4.31. The fourth-order valence-corrected chi connectivity index (χ4v) is 3.34. The Balaban J connectivity index is 1.50. The predicted octanol–water partition coefficient (Wildman–Crippen LogP) is 1.62. The van der Waals surface area contributed by atoms with Crippen molar-refractivity contribution in [3.8, 4) is 5.82 Å². The number of sulfonamides is 1. The monoisotopic (exact) mass is 372 g/mol. The Morgan fingerprint density at radius 1 is 1.04 bits per heavy atom. The molecule has 0 saturated carbocycles. The second-order valence-electron chi connectivity index (χ2n) is 5.55. The second-order valence-corrected chi connectivity index (χ2v) is 7.32. The van der Waals surface area contributed by atoms with Gasteiger partial charge in [-0.05, 0) is 42.3 Å². The van der Waals surface area contributed by atoms with Crippen LogP contribution in [0.5, 0.6) is 0 Å². The number of nitrogens with zero attached hydrogens (tertiary/aromatic N) is 4. The van der Waals surface area contributed by atoms with Gasteiger partial charge in [-0.25, -0.2) is 17.8 Å². The van der Waals surface area contributed by atoms with Gasteiger partial charge in [-0.15, -0.1) is 10.2 Å². The minimum Gasteiger partial charge on any atom is -0.367 e. The number of benzene rings is 1. The number of aromatic nitrogens is 4. The summed E-state index contributed by atoms with van der Waals surface area (Å²) in [7, 11) is -3.51. The predicted molar refractivity (Wildman–Crippen MR) is 98.7 cm³/mol. The van der Waals surface area contributed by atoms with Gasteiger partial charge in [0.05, 0.1) is 4.90 Å². The molecule has 0 aliphatic heterocycles. The van der Waals surface area contributed by atoms with Gasteiger partial charge in [-0.2, -0.15) is 5.10 Å². The molecular weight excluding hydrogens is 352 g/mol. The van der Waals surface area contributed by atoms with E-state index in [1.54, 1.807) is 47.4 Å². The van der Waals surface area contributed by atoms with Crippen LogP contribution < -0.4 is 10.0 Å². The van der Waals surface area contributed by atoms with Gasteiger partial charge in [-0.1, -0.05) is 19.1 Å². The van der Waals surface area contributed by atoms with E-state index in [1.165, 1.54) is 0 Å². The Bertz CT molecular complexity index is 922. The molecule has 3 aromatic rings. The van der Waals surface area contributed by atoms with Crippen molar-refractivity contribution in [1.29, 1.82) is 0 Å². The van der Waals surface area contributed by atoms with Crippen molar-refractivity contribution in [3.63, 3.8) is 0 Å². The van der Waals surface area contributed by atoms with Gasteiger partial charge in [-0.3, -0.25) is 0 Å². The standard InChI is InChI=1S/C17H20N6O2S/c1-2-14-4-6-15(7-5-14)26(24,25)20-12-11-18-16-8-9-17(22-21-16)23-13-3-10-19-23/h3-10,13,20H,2,11-12H2,1H3,(H,18,21). The Morgan fingerprint density at radius 2 is 1.85 bits per heavy atom. The van der Waals surface area contributed by atoms with Crippen LogP contribution in [0.4, 0.5) is 5.82 Å². The smallest absolute Gasteiger partial charge is 0.240 e. The Morgan fingerprint density at radius 3 is 2.46 bits per heavy atom. The fraction of sp³-hybridized carbons (Fsp3) is 0.235. The molecule has 26 heavy (non-hydrogen) atoms. The topological polar surface area (TPSA) is 102 Å². The zero-order chi connectivity index (χ0) is 18.4. The normalized spacial score (nSPS) is 11.4. The molecule has 0 bridgehead atoms. The zero-order valence-electron chi connectivity index (χ0n) is 14.3. The summed E-state index contributed by atoms with van der Waals surface area (Å²) in [6.45, 7) is 2.65. The summed E-state index contributed by atoms with van der Waals surface area (Å²) in [6, 6.07) is 12.2. The molecule has 2 heterocycles. The first-order valence-electron chi connectivity index (χ1n) is 8.25. The average molecular weight is 372 g/mol. The van der Waals surface area contributed by atoms with Gasteiger partial charge in [0.25, 0.3) is 0 Å². The van der Waals surface area contributed by atoms with E-state index in [-0.39, 0.29) is 11.4 Å².